The summed E-state index contributed by atoms with van der Waals surface area (Å²) < 4.78 is 10.5. The van der Waals surface area contributed by atoms with Crippen LogP contribution in [0.25, 0.3) is 0 Å². The zero-order valence-electron chi connectivity index (χ0n) is 9.51. The highest BCUT2D eigenvalue weighted by atomic mass is 31.2. The van der Waals surface area contributed by atoms with Crippen molar-refractivity contribution in [3.63, 3.8) is 0 Å². The van der Waals surface area contributed by atoms with Crippen molar-refractivity contribution in [3.05, 3.63) is 0 Å². The Bertz CT molecular complexity index is 248. The maximum Gasteiger partial charge on any atom is 0.325 e. The van der Waals surface area contributed by atoms with Crippen molar-refractivity contribution in [2.24, 2.45) is 16.5 Å². The summed E-state index contributed by atoms with van der Waals surface area (Å²) in [7, 11) is -3.79. The van der Waals surface area contributed by atoms with Gasteiger partial charge >= 0.3 is 7.60 Å². The molecule has 0 aliphatic heterocycles. The molecule has 0 atom stereocenters. The third-order valence-electron chi connectivity index (χ3n) is 2.15. The van der Waals surface area contributed by atoms with E-state index in [2.05, 4.69) is 4.99 Å². The van der Waals surface area contributed by atoms with Gasteiger partial charge < -0.3 is 21.3 Å². The number of unbranched alkanes of at least 4 members (excludes halogenated alkanes) is 5. The molecule has 6 N–H and O–H groups in total. The second kappa shape index (κ2) is 8.56. The van der Waals surface area contributed by atoms with Crippen LogP contribution < -0.4 is 11.5 Å². The van der Waals surface area contributed by atoms with Crippen molar-refractivity contribution in [2.75, 3.05) is 12.7 Å². The Morgan fingerprint density at radius 2 is 1.50 bits per heavy atom. The maximum absolute atomic E-state index is 10.5. The molecule has 16 heavy (non-hydrogen) atoms. The van der Waals surface area contributed by atoms with Gasteiger partial charge in [-0.25, -0.2) is 0 Å². The predicted octanol–water partition coefficient (Wildman–Crippen LogP) is 0.778. The van der Waals surface area contributed by atoms with E-state index in [4.69, 9.17) is 21.3 Å². The molecule has 0 aliphatic carbocycles. The van der Waals surface area contributed by atoms with Crippen LogP contribution in [0.2, 0.25) is 0 Å². The highest BCUT2D eigenvalue weighted by Gasteiger charge is 2.10. The molecule has 6 nitrogen and oxygen atoms in total. The Hall–Kier alpha value is -0.580. The summed E-state index contributed by atoms with van der Waals surface area (Å²) in [6.07, 6.45) is 5.53. The van der Waals surface area contributed by atoms with Crippen LogP contribution in [-0.4, -0.2) is 28.5 Å². The van der Waals surface area contributed by atoms with Crippen molar-refractivity contribution >= 4 is 13.6 Å². The number of nitrogens with zero attached hydrogens (tertiary/aromatic N) is 1. The smallest absolute Gasteiger partial charge is 0.325 e. The first-order chi connectivity index (χ1) is 7.42. The second-order valence-corrected chi connectivity index (χ2v) is 5.59. The van der Waals surface area contributed by atoms with Gasteiger partial charge in [-0.05, 0) is 12.8 Å². The molecule has 0 spiro atoms. The van der Waals surface area contributed by atoms with E-state index in [9.17, 15) is 4.57 Å². The zero-order valence-corrected chi connectivity index (χ0v) is 10.4. The van der Waals surface area contributed by atoms with Crippen molar-refractivity contribution in [2.45, 2.75) is 38.5 Å². The summed E-state index contributed by atoms with van der Waals surface area (Å²) >= 11 is 0. The van der Waals surface area contributed by atoms with Crippen LogP contribution in [0.3, 0.4) is 0 Å². The number of rotatable bonds is 9. The van der Waals surface area contributed by atoms with Crippen molar-refractivity contribution < 1.29 is 14.4 Å². The first kappa shape index (κ1) is 15.4. The van der Waals surface area contributed by atoms with Crippen LogP contribution >= 0.6 is 7.60 Å². The lowest BCUT2D eigenvalue weighted by atomic mass is 10.1. The lowest BCUT2D eigenvalue weighted by Crippen LogP contribution is -2.22. The summed E-state index contributed by atoms with van der Waals surface area (Å²) in [6.45, 7) is 0.658. The van der Waals surface area contributed by atoms with Crippen molar-refractivity contribution in [1.82, 2.24) is 0 Å². The minimum atomic E-state index is -3.79. The van der Waals surface area contributed by atoms with Crippen LogP contribution in [0.5, 0.6) is 0 Å². The molecule has 0 fully saturated rings. The minimum Gasteiger partial charge on any atom is -0.370 e. The fraction of sp³-hybridized carbons (Fsp3) is 0.889. The fourth-order valence-electron chi connectivity index (χ4n) is 1.34. The molecular weight excluding hydrogens is 229 g/mol. The molecule has 0 bridgehead atoms. The van der Waals surface area contributed by atoms with Crippen LogP contribution in [0.4, 0.5) is 0 Å². The highest BCUT2D eigenvalue weighted by molar-refractivity contribution is 7.51. The Morgan fingerprint density at radius 3 is 2.00 bits per heavy atom. The lowest BCUT2D eigenvalue weighted by Gasteiger charge is -2.03. The van der Waals surface area contributed by atoms with E-state index >= 15 is 0 Å². The molecule has 0 radical (unpaired) electrons. The van der Waals surface area contributed by atoms with Gasteiger partial charge in [0.15, 0.2) is 5.96 Å². The van der Waals surface area contributed by atoms with E-state index in [-0.39, 0.29) is 12.1 Å². The van der Waals surface area contributed by atoms with Crippen molar-refractivity contribution in [3.8, 4) is 0 Å². The van der Waals surface area contributed by atoms with E-state index in [1.807, 2.05) is 0 Å². The average Bonchev–Trinajstić information content (AvgIpc) is 2.13. The van der Waals surface area contributed by atoms with Gasteiger partial charge in [0.25, 0.3) is 0 Å². The molecule has 0 heterocycles. The summed E-state index contributed by atoms with van der Waals surface area (Å²) in [5.74, 6) is 0.127. The minimum absolute atomic E-state index is 0.000993. The monoisotopic (exact) mass is 251 g/mol. The Labute approximate surface area is 96.3 Å². The number of nitrogens with two attached hydrogens (primary N) is 2. The molecule has 96 valence electrons. The van der Waals surface area contributed by atoms with E-state index in [1.54, 1.807) is 0 Å². The van der Waals surface area contributed by atoms with Crippen molar-refractivity contribution in [1.29, 1.82) is 0 Å². The molecular formula is C9H22N3O3P. The van der Waals surface area contributed by atoms with Gasteiger partial charge in [0, 0.05) is 12.7 Å². The van der Waals surface area contributed by atoms with Crippen LogP contribution in [0.1, 0.15) is 38.5 Å². The summed E-state index contributed by atoms with van der Waals surface area (Å²) in [4.78, 5) is 21.1. The van der Waals surface area contributed by atoms with Gasteiger partial charge in [-0.15, -0.1) is 0 Å². The summed E-state index contributed by atoms with van der Waals surface area (Å²) in [5.41, 5.74) is 10.3. The average molecular weight is 251 g/mol. The Morgan fingerprint density at radius 1 is 1.00 bits per heavy atom. The molecule has 0 aromatic carbocycles. The molecule has 0 aliphatic rings. The molecule has 0 aromatic heterocycles. The van der Waals surface area contributed by atoms with E-state index in [0.29, 0.717) is 13.0 Å². The molecule has 7 heteroatoms. The Kier molecular flexibility index (Phi) is 8.25. The van der Waals surface area contributed by atoms with Gasteiger partial charge in [-0.2, -0.15) is 0 Å². The third kappa shape index (κ3) is 13.4. The van der Waals surface area contributed by atoms with Crippen LogP contribution in [0.15, 0.2) is 4.99 Å². The van der Waals surface area contributed by atoms with E-state index < -0.39 is 7.60 Å². The van der Waals surface area contributed by atoms with Gasteiger partial charge in [0.1, 0.15) is 0 Å². The maximum atomic E-state index is 10.5. The fourth-order valence-corrected chi connectivity index (χ4v) is 1.98. The summed E-state index contributed by atoms with van der Waals surface area (Å²) in [5, 5.41) is 0. The van der Waals surface area contributed by atoms with Crippen LogP contribution in [0, 0.1) is 0 Å². The lowest BCUT2D eigenvalue weighted by molar-refractivity contribution is 0.370. The molecule has 0 unspecified atom stereocenters. The molecule has 0 amide bonds. The predicted molar refractivity (Wildman–Crippen MR) is 65.3 cm³/mol. The molecule has 0 saturated carbocycles. The normalized spacial score (nSPS) is 11.4. The topological polar surface area (TPSA) is 122 Å². The third-order valence-corrected chi connectivity index (χ3v) is 3.05. The highest BCUT2D eigenvalue weighted by Crippen LogP contribution is 2.35. The van der Waals surface area contributed by atoms with Gasteiger partial charge in [0.2, 0.25) is 0 Å². The first-order valence-electron chi connectivity index (χ1n) is 5.52. The number of aliphatic imine (C=N–C) groups is 1. The molecule has 0 saturated heterocycles. The number of hydrogen-bond acceptors (Lipinski definition) is 2. The summed E-state index contributed by atoms with van der Waals surface area (Å²) in [6, 6.07) is 0. The largest absolute Gasteiger partial charge is 0.370 e. The quantitative estimate of drug-likeness (QED) is 0.209. The Balaban J connectivity index is 3.16. The molecule has 0 rings (SSSR count). The van der Waals surface area contributed by atoms with Gasteiger partial charge in [-0.1, -0.05) is 25.7 Å². The number of guanidine groups is 1. The standard InChI is InChI=1S/C9H22N3O3P/c10-9(11)12-7-5-3-1-2-4-6-8-16(13,14)15/h1-8H2,(H4,10,11,12)(H2,13,14,15). The first-order valence-corrected chi connectivity index (χ1v) is 7.31. The van der Waals surface area contributed by atoms with E-state index in [0.717, 1.165) is 32.1 Å². The van der Waals surface area contributed by atoms with E-state index in [1.165, 1.54) is 0 Å². The zero-order chi connectivity index (χ0) is 12.4. The van der Waals surface area contributed by atoms with Crippen LogP contribution in [-0.2, 0) is 4.57 Å². The van der Waals surface area contributed by atoms with Gasteiger partial charge in [0.05, 0.1) is 0 Å². The SMILES string of the molecule is NC(N)=NCCCCCCCCP(=O)(O)O. The second-order valence-electron chi connectivity index (χ2n) is 3.82. The molecule has 0 aromatic rings. The number of hydrogen-bond donors (Lipinski definition) is 4. The van der Waals surface area contributed by atoms with Gasteiger partial charge in [-0.3, -0.25) is 9.56 Å².